The van der Waals surface area contributed by atoms with Crippen LogP contribution in [0.15, 0.2) is 0 Å². The van der Waals surface area contributed by atoms with Crippen molar-refractivity contribution in [1.82, 2.24) is 14.9 Å². The fourth-order valence-corrected chi connectivity index (χ4v) is 2.30. The van der Waals surface area contributed by atoms with E-state index in [1.807, 2.05) is 20.8 Å². The maximum Gasteiger partial charge on any atom is 0.308 e. The first-order chi connectivity index (χ1) is 8.97. The summed E-state index contributed by atoms with van der Waals surface area (Å²) in [6, 6.07) is 0. The van der Waals surface area contributed by atoms with Gasteiger partial charge in [0.25, 0.3) is 5.91 Å². The zero-order chi connectivity index (χ0) is 14.4. The first-order valence-electron chi connectivity index (χ1n) is 6.29. The topological polar surface area (TPSA) is 92.2 Å². The van der Waals surface area contributed by atoms with Gasteiger partial charge in [-0.05, 0) is 23.9 Å². The molecular weight excluding hydrogens is 266 g/mol. The Kier molecular flexibility index (Phi) is 5.88. The molecule has 0 bridgehead atoms. The van der Waals surface area contributed by atoms with E-state index in [-0.39, 0.29) is 18.4 Å². The number of carbonyl (C=O) groups is 2. The molecule has 1 rings (SSSR count). The quantitative estimate of drug-likeness (QED) is 0.793. The summed E-state index contributed by atoms with van der Waals surface area (Å²) in [6.07, 6.45) is 1.58. The molecule has 1 unspecified atom stereocenters. The van der Waals surface area contributed by atoms with Gasteiger partial charge in [-0.25, -0.2) is 0 Å². The normalized spacial score (nSPS) is 12.4. The second-order valence-corrected chi connectivity index (χ2v) is 5.45. The lowest BCUT2D eigenvalue weighted by Gasteiger charge is -2.16. The lowest BCUT2D eigenvalue weighted by Crippen LogP contribution is -2.35. The van der Waals surface area contributed by atoms with Crippen LogP contribution in [-0.2, 0) is 11.2 Å². The Labute approximate surface area is 116 Å². The van der Waals surface area contributed by atoms with Crippen LogP contribution < -0.4 is 5.32 Å². The van der Waals surface area contributed by atoms with Crippen molar-refractivity contribution in [2.75, 3.05) is 6.54 Å². The van der Waals surface area contributed by atoms with Crippen LogP contribution in [0.2, 0.25) is 0 Å². The molecule has 0 saturated heterocycles. The molecule has 1 heterocycles. The summed E-state index contributed by atoms with van der Waals surface area (Å²) in [4.78, 5) is 23.5. The molecule has 0 aliphatic carbocycles. The van der Waals surface area contributed by atoms with Crippen molar-refractivity contribution in [2.45, 2.75) is 33.6 Å². The minimum atomic E-state index is -0.897. The van der Waals surface area contributed by atoms with Gasteiger partial charge in [0.05, 0.1) is 11.6 Å². The molecule has 0 aromatic carbocycles. The molecule has 1 aromatic heterocycles. The number of aliphatic carboxylic acids is 1. The van der Waals surface area contributed by atoms with Crippen molar-refractivity contribution < 1.29 is 14.7 Å². The highest BCUT2D eigenvalue weighted by Gasteiger charge is 2.23. The van der Waals surface area contributed by atoms with Gasteiger partial charge < -0.3 is 10.4 Å². The predicted molar refractivity (Wildman–Crippen MR) is 72.2 cm³/mol. The number of nitrogens with one attached hydrogen (secondary N) is 1. The smallest absolute Gasteiger partial charge is 0.308 e. The first-order valence-corrected chi connectivity index (χ1v) is 7.06. The summed E-state index contributed by atoms with van der Waals surface area (Å²) in [5, 5.41) is 15.6. The third-order valence-corrected chi connectivity index (χ3v) is 3.62. The van der Waals surface area contributed by atoms with E-state index >= 15 is 0 Å². The average Bonchev–Trinajstić information content (AvgIpc) is 2.76. The van der Waals surface area contributed by atoms with Crippen LogP contribution in [0.4, 0.5) is 0 Å². The fourth-order valence-electron chi connectivity index (χ4n) is 1.67. The molecule has 7 heteroatoms. The Morgan fingerprint density at radius 3 is 2.63 bits per heavy atom. The van der Waals surface area contributed by atoms with Gasteiger partial charge in [-0.3, -0.25) is 9.59 Å². The summed E-state index contributed by atoms with van der Waals surface area (Å²) in [6.45, 7) is 5.76. The number of carboxylic acids is 1. The standard InChI is InChI=1S/C12H19N3O3S/c1-4-5-9-10(19-15-14-9)11(16)13-6-8(7(2)3)12(17)18/h7-8H,4-6H2,1-3H3,(H,13,16)(H,17,18). The number of hydrogen-bond acceptors (Lipinski definition) is 5. The number of aromatic nitrogens is 2. The molecule has 19 heavy (non-hydrogen) atoms. The minimum absolute atomic E-state index is 0.0347. The molecule has 6 nitrogen and oxygen atoms in total. The maximum atomic E-state index is 12.0. The van der Waals surface area contributed by atoms with E-state index in [1.54, 1.807) is 0 Å². The van der Waals surface area contributed by atoms with Crippen molar-refractivity contribution in [2.24, 2.45) is 11.8 Å². The van der Waals surface area contributed by atoms with E-state index in [9.17, 15) is 9.59 Å². The van der Waals surface area contributed by atoms with E-state index in [0.29, 0.717) is 17.0 Å². The van der Waals surface area contributed by atoms with Gasteiger partial charge in [-0.1, -0.05) is 31.7 Å². The van der Waals surface area contributed by atoms with Crippen molar-refractivity contribution >= 4 is 23.4 Å². The van der Waals surface area contributed by atoms with E-state index in [1.165, 1.54) is 0 Å². The molecule has 0 fully saturated rings. The molecule has 106 valence electrons. The van der Waals surface area contributed by atoms with E-state index < -0.39 is 11.9 Å². The van der Waals surface area contributed by atoms with Gasteiger partial charge in [-0.2, -0.15) is 0 Å². The third kappa shape index (κ3) is 4.27. The molecule has 0 saturated carbocycles. The fraction of sp³-hybridized carbons (Fsp3) is 0.667. The number of carboxylic acid groups (broad SMARTS) is 1. The van der Waals surface area contributed by atoms with E-state index in [0.717, 1.165) is 18.0 Å². The predicted octanol–water partition coefficient (Wildman–Crippen LogP) is 1.58. The highest BCUT2D eigenvalue weighted by molar-refractivity contribution is 7.08. The van der Waals surface area contributed by atoms with Gasteiger partial charge in [0, 0.05) is 6.54 Å². The van der Waals surface area contributed by atoms with E-state index in [4.69, 9.17) is 5.11 Å². The van der Waals surface area contributed by atoms with Gasteiger partial charge in [0.15, 0.2) is 0 Å². The Morgan fingerprint density at radius 2 is 2.11 bits per heavy atom. The molecule has 0 radical (unpaired) electrons. The molecule has 0 spiro atoms. The van der Waals surface area contributed by atoms with Crippen molar-refractivity contribution in [3.8, 4) is 0 Å². The first kappa shape index (κ1) is 15.6. The van der Waals surface area contributed by atoms with Crippen molar-refractivity contribution in [3.05, 3.63) is 10.6 Å². The summed E-state index contributed by atoms with van der Waals surface area (Å²) >= 11 is 1.05. The van der Waals surface area contributed by atoms with Crippen LogP contribution in [0.1, 0.15) is 42.6 Å². The zero-order valence-corrected chi connectivity index (χ0v) is 12.2. The number of carbonyl (C=O) groups excluding carboxylic acids is 1. The molecule has 0 aliphatic rings. The molecule has 1 atom stereocenters. The maximum absolute atomic E-state index is 12.0. The average molecular weight is 285 g/mol. The van der Waals surface area contributed by atoms with Crippen LogP contribution in [0.3, 0.4) is 0 Å². The van der Waals surface area contributed by atoms with Crippen molar-refractivity contribution in [1.29, 1.82) is 0 Å². The summed E-state index contributed by atoms with van der Waals surface area (Å²) < 4.78 is 3.77. The second-order valence-electron chi connectivity index (χ2n) is 4.70. The minimum Gasteiger partial charge on any atom is -0.481 e. The highest BCUT2D eigenvalue weighted by atomic mass is 32.1. The molecule has 1 aromatic rings. The van der Waals surface area contributed by atoms with Crippen molar-refractivity contribution in [3.63, 3.8) is 0 Å². The van der Waals surface area contributed by atoms with Gasteiger partial charge in [0.1, 0.15) is 4.88 Å². The summed E-state index contributed by atoms with van der Waals surface area (Å²) in [5.41, 5.74) is 0.682. The summed E-state index contributed by atoms with van der Waals surface area (Å²) in [5.74, 6) is -1.80. The SMILES string of the molecule is CCCc1nnsc1C(=O)NCC(C(=O)O)C(C)C. The van der Waals surface area contributed by atoms with Gasteiger partial charge in [-0.15, -0.1) is 5.10 Å². The number of aryl methyl sites for hydroxylation is 1. The monoisotopic (exact) mass is 285 g/mol. The third-order valence-electron chi connectivity index (χ3n) is 2.85. The number of amides is 1. The molecular formula is C12H19N3O3S. The van der Waals surface area contributed by atoms with Gasteiger partial charge in [0.2, 0.25) is 0 Å². The highest BCUT2D eigenvalue weighted by Crippen LogP contribution is 2.14. The van der Waals surface area contributed by atoms with Crippen LogP contribution in [-0.4, -0.2) is 33.1 Å². The lowest BCUT2D eigenvalue weighted by atomic mass is 9.96. The Hall–Kier alpha value is -1.50. The van der Waals surface area contributed by atoms with Crippen LogP contribution in [0, 0.1) is 11.8 Å². The van der Waals surface area contributed by atoms with Crippen LogP contribution in [0.5, 0.6) is 0 Å². The Morgan fingerprint density at radius 1 is 1.42 bits per heavy atom. The molecule has 0 aliphatic heterocycles. The Balaban J connectivity index is 2.64. The lowest BCUT2D eigenvalue weighted by molar-refractivity contribution is -0.142. The van der Waals surface area contributed by atoms with Crippen LogP contribution in [0.25, 0.3) is 0 Å². The van der Waals surface area contributed by atoms with Gasteiger partial charge >= 0.3 is 5.97 Å². The van der Waals surface area contributed by atoms with E-state index in [2.05, 4.69) is 14.9 Å². The van der Waals surface area contributed by atoms with Crippen LogP contribution >= 0.6 is 11.5 Å². The zero-order valence-electron chi connectivity index (χ0n) is 11.3. The summed E-state index contributed by atoms with van der Waals surface area (Å²) in [7, 11) is 0. The molecule has 1 amide bonds. The molecule has 2 N–H and O–H groups in total. The number of hydrogen-bond donors (Lipinski definition) is 2. The number of rotatable bonds is 7. The second kappa shape index (κ2) is 7.18. The Bertz CT molecular complexity index is 445. The largest absolute Gasteiger partial charge is 0.481 e. The number of nitrogens with zero attached hydrogens (tertiary/aromatic N) is 2.